The van der Waals surface area contributed by atoms with Crippen molar-refractivity contribution < 1.29 is 8.42 Å². The summed E-state index contributed by atoms with van der Waals surface area (Å²) in [5.74, 6) is 0. The standard InChI is InChI=1S/C17H19N3O2S/c1-2-3-4-13-5-8-16(9-6-13)23(21,22)20-15-7-10-17-14(11-15)12-18-19-17/h5-12,20H,2-4H2,1H3,(H,18,19). The Labute approximate surface area is 135 Å². The van der Waals surface area contributed by atoms with E-state index < -0.39 is 10.0 Å². The predicted molar refractivity (Wildman–Crippen MR) is 92.0 cm³/mol. The highest BCUT2D eigenvalue weighted by molar-refractivity contribution is 7.92. The van der Waals surface area contributed by atoms with Gasteiger partial charge >= 0.3 is 0 Å². The number of hydrogen-bond donors (Lipinski definition) is 2. The van der Waals surface area contributed by atoms with Crippen LogP contribution < -0.4 is 4.72 Å². The molecule has 6 heteroatoms. The maximum atomic E-state index is 12.5. The fourth-order valence-corrected chi connectivity index (χ4v) is 3.49. The van der Waals surface area contributed by atoms with E-state index in [4.69, 9.17) is 0 Å². The Balaban J connectivity index is 1.80. The highest BCUT2D eigenvalue weighted by Gasteiger charge is 2.14. The van der Waals surface area contributed by atoms with Gasteiger partial charge in [0.1, 0.15) is 0 Å². The van der Waals surface area contributed by atoms with Crippen molar-refractivity contribution in [3.8, 4) is 0 Å². The number of rotatable bonds is 6. The fraction of sp³-hybridized carbons (Fsp3) is 0.235. The molecular formula is C17H19N3O2S. The lowest BCUT2D eigenvalue weighted by Gasteiger charge is -2.09. The van der Waals surface area contributed by atoms with Crippen LogP contribution in [0.5, 0.6) is 0 Å². The van der Waals surface area contributed by atoms with Gasteiger partial charge in [-0.1, -0.05) is 25.5 Å². The quantitative estimate of drug-likeness (QED) is 0.724. The van der Waals surface area contributed by atoms with Crippen LogP contribution in [0.4, 0.5) is 5.69 Å². The van der Waals surface area contributed by atoms with E-state index in [1.165, 1.54) is 0 Å². The number of nitrogens with one attached hydrogen (secondary N) is 2. The second-order valence-electron chi connectivity index (χ2n) is 5.53. The molecule has 0 fully saturated rings. The average molecular weight is 329 g/mol. The number of aryl methyl sites for hydroxylation is 1. The molecule has 0 spiro atoms. The van der Waals surface area contributed by atoms with E-state index in [1.807, 2.05) is 12.1 Å². The van der Waals surface area contributed by atoms with Gasteiger partial charge in [0.15, 0.2) is 0 Å². The maximum Gasteiger partial charge on any atom is 0.261 e. The minimum absolute atomic E-state index is 0.269. The third-order valence-corrected chi connectivity index (χ3v) is 5.14. The molecule has 1 heterocycles. The molecule has 120 valence electrons. The van der Waals surface area contributed by atoms with Gasteiger partial charge in [0, 0.05) is 11.1 Å². The van der Waals surface area contributed by atoms with Gasteiger partial charge in [0.05, 0.1) is 16.6 Å². The van der Waals surface area contributed by atoms with Gasteiger partial charge in [-0.25, -0.2) is 8.42 Å². The lowest BCUT2D eigenvalue weighted by molar-refractivity contribution is 0.601. The normalized spacial score (nSPS) is 11.7. The summed E-state index contributed by atoms with van der Waals surface area (Å²) in [7, 11) is -3.58. The Bertz CT molecular complexity index is 899. The van der Waals surface area contributed by atoms with Gasteiger partial charge in [-0.05, 0) is 48.7 Å². The second-order valence-corrected chi connectivity index (χ2v) is 7.21. The second kappa shape index (κ2) is 6.42. The smallest absolute Gasteiger partial charge is 0.261 e. The molecule has 0 aliphatic carbocycles. The molecule has 1 aromatic heterocycles. The molecule has 5 nitrogen and oxygen atoms in total. The van der Waals surface area contributed by atoms with Crippen molar-refractivity contribution in [3.63, 3.8) is 0 Å². The van der Waals surface area contributed by atoms with Crippen LogP contribution in [0.2, 0.25) is 0 Å². The van der Waals surface area contributed by atoms with Crippen LogP contribution in [0.15, 0.2) is 53.6 Å². The Kier molecular flexibility index (Phi) is 4.34. The van der Waals surface area contributed by atoms with Crippen LogP contribution in [0, 0.1) is 0 Å². The minimum atomic E-state index is -3.58. The Morgan fingerprint density at radius 3 is 2.65 bits per heavy atom. The van der Waals surface area contributed by atoms with E-state index in [9.17, 15) is 8.42 Å². The number of nitrogens with zero attached hydrogens (tertiary/aromatic N) is 1. The van der Waals surface area contributed by atoms with Crippen molar-refractivity contribution >= 4 is 26.6 Å². The van der Waals surface area contributed by atoms with Crippen molar-refractivity contribution in [2.24, 2.45) is 0 Å². The molecule has 2 aromatic carbocycles. The molecule has 0 aliphatic rings. The van der Waals surface area contributed by atoms with Gasteiger partial charge < -0.3 is 0 Å². The number of H-pyrrole nitrogens is 1. The molecule has 0 atom stereocenters. The Hall–Kier alpha value is -2.34. The van der Waals surface area contributed by atoms with Crippen LogP contribution in [0.3, 0.4) is 0 Å². The van der Waals surface area contributed by atoms with Crippen molar-refractivity contribution in [2.75, 3.05) is 4.72 Å². The third-order valence-electron chi connectivity index (χ3n) is 3.75. The Morgan fingerprint density at radius 1 is 1.13 bits per heavy atom. The molecule has 23 heavy (non-hydrogen) atoms. The first kappa shape index (κ1) is 15.6. The molecule has 0 amide bonds. The number of benzene rings is 2. The SMILES string of the molecule is CCCCc1ccc(S(=O)(=O)Nc2ccc3[nH]ncc3c2)cc1. The third kappa shape index (κ3) is 3.53. The first-order valence-corrected chi connectivity index (χ1v) is 9.12. The molecule has 3 aromatic rings. The van der Waals surface area contributed by atoms with Crippen LogP contribution >= 0.6 is 0 Å². The fourth-order valence-electron chi connectivity index (χ4n) is 2.44. The van der Waals surface area contributed by atoms with Gasteiger partial charge in [-0.3, -0.25) is 9.82 Å². The van der Waals surface area contributed by atoms with E-state index in [2.05, 4.69) is 21.8 Å². The number of hydrogen-bond acceptors (Lipinski definition) is 3. The summed E-state index contributed by atoms with van der Waals surface area (Å²) in [5, 5.41) is 7.63. The van der Waals surface area contributed by atoms with E-state index in [0.717, 1.165) is 35.7 Å². The molecule has 0 aliphatic heterocycles. The van der Waals surface area contributed by atoms with Crippen molar-refractivity contribution in [2.45, 2.75) is 31.1 Å². The molecule has 0 saturated heterocycles. The summed E-state index contributed by atoms with van der Waals surface area (Å²) in [6, 6.07) is 12.3. The minimum Gasteiger partial charge on any atom is -0.280 e. The molecule has 0 saturated carbocycles. The zero-order valence-electron chi connectivity index (χ0n) is 12.9. The summed E-state index contributed by atoms with van der Waals surface area (Å²) in [4.78, 5) is 0.269. The zero-order chi connectivity index (χ0) is 16.3. The first-order valence-electron chi connectivity index (χ1n) is 7.63. The monoisotopic (exact) mass is 329 g/mol. The van der Waals surface area contributed by atoms with Crippen LogP contribution in [-0.4, -0.2) is 18.6 Å². The van der Waals surface area contributed by atoms with Crippen LogP contribution in [0.1, 0.15) is 25.3 Å². The number of sulfonamides is 1. The highest BCUT2D eigenvalue weighted by Crippen LogP contribution is 2.21. The highest BCUT2D eigenvalue weighted by atomic mass is 32.2. The van der Waals surface area contributed by atoms with Crippen LogP contribution in [0.25, 0.3) is 10.9 Å². The number of aromatic nitrogens is 2. The molecular weight excluding hydrogens is 310 g/mol. The zero-order valence-corrected chi connectivity index (χ0v) is 13.7. The molecule has 3 rings (SSSR count). The summed E-state index contributed by atoms with van der Waals surface area (Å²) in [5.41, 5.74) is 2.55. The lowest BCUT2D eigenvalue weighted by atomic mass is 10.1. The summed E-state index contributed by atoms with van der Waals surface area (Å²) >= 11 is 0. The molecule has 0 bridgehead atoms. The van der Waals surface area contributed by atoms with Gasteiger partial charge in [-0.2, -0.15) is 5.10 Å². The van der Waals surface area contributed by atoms with E-state index in [1.54, 1.807) is 36.5 Å². The Morgan fingerprint density at radius 2 is 1.91 bits per heavy atom. The van der Waals surface area contributed by atoms with Gasteiger partial charge in [-0.15, -0.1) is 0 Å². The molecule has 2 N–H and O–H groups in total. The number of fused-ring (bicyclic) bond motifs is 1. The van der Waals surface area contributed by atoms with Crippen molar-refractivity contribution in [3.05, 3.63) is 54.2 Å². The van der Waals surface area contributed by atoms with Crippen LogP contribution in [-0.2, 0) is 16.4 Å². The van der Waals surface area contributed by atoms with E-state index >= 15 is 0 Å². The number of unbranched alkanes of at least 4 members (excludes halogenated alkanes) is 1. The summed E-state index contributed by atoms with van der Waals surface area (Å²) in [6.45, 7) is 2.14. The van der Waals surface area contributed by atoms with Gasteiger partial charge in [0.25, 0.3) is 10.0 Å². The predicted octanol–water partition coefficient (Wildman–Crippen LogP) is 3.71. The topological polar surface area (TPSA) is 74.8 Å². The number of aromatic amines is 1. The molecule has 0 radical (unpaired) electrons. The van der Waals surface area contributed by atoms with Crippen molar-refractivity contribution in [1.29, 1.82) is 0 Å². The van der Waals surface area contributed by atoms with E-state index in [0.29, 0.717) is 5.69 Å². The first-order chi connectivity index (χ1) is 11.1. The summed E-state index contributed by atoms with van der Waals surface area (Å²) in [6.07, 6.45) is 4.87. The average Bonchev–Trinajstić information content (AvgIpc) is 3.00. The lowest BCUT2D eigenvalue weighted by Crippen LogP contribution is -2.12. The molecule has 0 unspecified atom stereocenters. The largest absolute Gasteiger partial charge is 0.280 e. The summed E-state index contributed by atoms with van der Waals surface area (Å²) < 4.78 is 27.5. The van der Waals surface area contributed by atoms with Gasteiger partial charge in [0.2, 0.25) is 0 Å². The van der Waals surface area contributed by atoms with Crippen molar-refractivity contribution in [1.82, 2.24) is 10.2 Å². The number of anilines is 1. The van der Waals surface area contributed by atoms with E-state index in [-0.39, 0.29) is 4.90 Å². The maximum absolute atomic E-state index is 12.5.